The third kappa shape index (κ3) is 1.25. The van der Waals surface area contributed by atoms with Crippen LogP contribution < -0.4 is 5.43 Å². The van der Waals surface area contributed by atoms with Crippen molar-refractivity contribution in [2.24, 2.45) is 5.10 Å². The zero-order chi connectivity index (χ0) is 10.1. The van der Waals surface area contributed by atoms with Gasteiger partial charge in [-0.1, -0.05) is 11.6 Å². The molecule has 2 rings (SSSR count). The van der Waals surface area contributed by atoms with Crippen LogP contribution in [0.15, 0.2) is 23.3 Å². The minimum atomic E-state index is -0.446. The van der Waals surface area contributed by atoms with Crippen molar-refractivity contribution >= 4 is 17.4 Å². The van der Waals surface area contributed by atoms with E-state index in [-0.39, 0.29) is 5.71 Å². The van der Waals surface area contributed by atoms with Crippen LogP contribution in [0.4, 0.5) is 5.69 Å². The molecule has 1 aromatic rings. The van der Waals surface area contributed by atoms with E-state index < -0.39 is 5.97 Å². The quantitative estimate of drug-likeness (QED) is 0.621. The van der Waals surface area contributed by atoms with Crippen LogP contribution in [-0.4, -0.2) is 18.8 Å². The second-order valence-corrected chi connectivity index (χ2v) is 3.06. The fraction of sp³-hybridized carbons (Fsp3) is 0.200. The Morgan fingerprint density at radius 2 is 2.21 bits per heavy atom. The molecule has 0 amide bonds. The molecule has 0 atom stereocenters. The molecule has 71 valence electrons. The van der Waals surface area contributed by atoms with Crippen LogP contribution in [0.2, 0.25) is 0 Å². The topological polar surface area (TPSA) is 52.8 Å². The Labute approximate surface area is 81.6 Å². The summed E-state index contributed by atoms with van der Waals surface area (Å²) in [5, 5.41) is 3.78. The number of carbonyl (C=O) groups excluding carboxylic acids is 1. The lowest BCUT2D eigenvalue weighted by Gasteiger charge is -2.00. The SMILES string of the molecule is COC(=O)C1=N[N]c2ccc(C)cc21. The number of hydrogen-bond acceptors (Lipinski definition) is 3. The van der Waals surface area contributed by atoms with Gasteiger partial charge in [0.1, 0.15) is 0 Å². The first-order chi connectivity index (χ1) is 6.72. The Kier molecular flexibility index (Phi) is 1.96. The summed E-state index contributed by atoms with van der Waals surface area (Å²) >= 11 is 0. The third-order valence-electron chi connectivity index (χ3n) is 2.04. The van der Waals surface area contributed by atoms with Gasteiger partial charge in [0, 0.05) is 5.56 Å². The van der Waals surface area contributed by atoms with E-state index in [2.05, 4.69) is 15.3 Å². The van der Waals surface area contributed by atoms with Crippen molar-refractivity contribution in [1.82, 2.24) is 5.43 Å². The van der Waals surface area contributed by atoms with Crippen molar-refractivity contribution in [2.45, 2.75) is 6.92 Å². The Bertz CT molecular complexity index is 424. The molecule has 14 heavy (non-hydrogen) atoms. The van der Waals surface area contributed by atoms with Crippen LogP contribution in [0.1, 0.15) is 11.1 Å². The molecule has 0 saturated heterocycles. The smallest absolute Gasteiger partial charge is 0.359 e. The maximum Gasteiger partial charge on any atom is 0.359 e. The Balaban J connectivity index is 2.45. The van der Waals surface area contributed by atoms with Gasteiger partial charge < -0.3 is 4.74 Å². The fourth-order valence-electron chi connectivity index (χ4n) is 1.33. The monoisotopic (exact) mass is 189 g/mol. The maximum atomic E-state index is 11.3. The van der Waals surface area contributed by atoms with Crippen LogP contribution in [0.3, 0.4) is 0 Å². The molecule has 0 saturated carbocycles. The fourth-order valence-corrected chi connectivity index (χ4v) is 1.33. The van der Waals surface area contributed by atoms with Crippen molar-refractivity contribution < 1.29 is 9.53 Å². The number of benzene rings is 1. The molecule has 1 aliphatic rings. The zero-order valence-corrected chi connectivity index (χ0v) is 7.94. The molecule has 0 unspecified atom stereocenters. The first-order valence-corrected chi connectivity index (χ1v) is 4.20. The lowest BCUT2D eigenvalue weighted by Crippen LogP contribution is -2.14. The van der Waals surface area contributed by atoms with E-state index in [1.165, 1.54) is 7.11 Å². The van der Waals surface area contributed by atoms with Gasteiger partial charge in [-0.15, -0.1) is 10.5 Å². The van der Waals surface area contributed by atoms with Crippen LogP contribution >= 0.6 is 0 Å². The van der Waals surface area contributed by atoms with Gasteiger partial charge in [-0.05, 0) is 19.1 Å². The number of nitrogens with zero attached hydrogens (tertiary/aromatic N) is 2. The first kappa shape index (κ1) is 8.74. The zero-order valence-electron chi connectivity index (χ0n) is 7.94. The van der Waals surface area contributed by atoms with E-state index in [0.29, 0.717) is 0 Å². The largest absolute Gasteiger partial charge is 0.464 e. The van der Waals surface area contributed by atoms with Crippen LogP contribution in [0, 0.1) is 6.92 Å². The predicted octanol–water partition coefficient (Wildman–Crippen LogP) is 1.12. The highest BCUT2D eigenvalue weighted by Gasteiger charge is 2.24. The molecule has 0 aromatic heterocycles. The molecule has 1 aromatic carbocycles. The second-order valence-electron chi connectivity index (χ2n) is 3.06. The Morgan fingerprint density at radius 1 is 1.43 bits per heavy atom. The van der Waals surface area contributed by atoms with Gasteiger partial charge in [0.15, 0.2) is 5.71 Å². The standard InChI is InChI=1S/C10H9N2O2/c1-6-3-4-8-7(5-6)9(12-11-8)10(13)14-2/h3-5H,1-2H3. The third-order valence-corrected chi connectivity index (χ3v) is 2.04. The molecule has 0 bridgehead atoms. The molecule has 1 radical (unpaired) electrons. The number of esters is 1. The highest BCUT2D eigenvalue weighted by Crippen LogP contribution is 2.23. The van der Waals surface area contributed by atoms with Crippen molar-refractivity contribution in [2.75, 3.05) is 7.11 Å². The summed E-state index contributed by atoms with van der Waals surface area (Å²) in [6, 6.07) is 5.64. The maximum absolute atomic E-state index is 11.3. The number of rotatable bonds is 1. The molecule has 4 nitrogen and oxygen atoms in total. The van der Waals surface area contributed by atoms with Crippen LogP contribution in [0.25, 0.3) is 0 Å². The molecule has 0 aliphatic carbocycles. The highest BCUT2D eigenvalue weighted by molar-refractivity contribution is 6.45. The number of hydrogen-bond donors (Lipinski definition) is 0. The average molecular weight is 189 g/mol. The number of fused-ring (bicyclic) bond motifs is 1. The Hall–Kier alpha value is -1.84. The minimum absolute atomic E-state index is 0.284. The molecule has 4 heteroatoms. The molecular formula is C10H9N2O2. The van der Waals surface area contributed by atoms with E-state index in [1.807, 2.05) is 25.1 Å². The van der Waals surface area contributed by atoms with E-state index in [9.17, 15) is 4.79 Å². The van der Waals surface area contributed by atoms with E-state index in [0.717, 1.165) is 16.8 Å². The second kappa shape index (κ2) is 3.14. The van der Waals surface area contributed by atoms with Gasteiger partial charge >= 0.3 is 5.97 Å². The first-order valence-electron chi connectivity index (χ1n) is 4.20. The van der Waals surface area contributed by atoms with E-state index >= 15 is 0 Å². The average Bonchev–Trinajstić information content (AvgIpc) is 2.59. The van der Waals surface area contributed by atoms with Crippen molar-refractivity contribution in [3.63, 3.8) is 0 Å². The van der Waals surface area contributed by atoms with Gasteiger partial charge in [0.2, 0.25) is 0 Å². The summed E-state index contributed by atoms with van der Waals surface area (Å²) in [4.78, 5) is 11.3. The number of aryl methyl sites for hydroxylation is 1. The number of carbonyl (C=O) groups is 1. The highest BCUT2D eigenvalue weighted by atomic mass is 16.5. The van der Waals surface area contributed by atoms with Crippen molar-refractivity contribution in [1.29, 1.82) is 0 Å². The summed E-state index contributed by atoms with van der Waals surface area (Å²) in [5.74, 6) is -0.446. The van der Waals surface area contributed by atoms with Gasteiger partial charge in [-0.25, -0.2) is 4.79 Å². The summed E-state index contributed by atoms with van der Waals surface area (Å²) < 4.78 is 4.60. The van der Waals surface area contributed by atoms with E-state index in [1.54, 1.807) is 0 Å². The van der Waals surface area contributed by atoms with Gasteiger partial charge in [0.25, 0.3) is 0 Å². The molecule has 0 fully saturated rings. The van der Waals surface area contributed by atoms with E-state index in [4.69, 9.17) is 0 Å². The van der Waals surface area contributed by atoms with Gasteiger partial charge in [0.05, 0.1) is 12.8 Å². The summed E-state index contributed by atoms with van der Waals surface area (Å²) in [5.41, 5.74) is 6.69. The molecule has 1 heterocycles. The molecule has 1 aliphatic heterocycles. The number of methoxy groups -OCH3 is 1. The van der Waals surface area contributed by atoms with Crippen LogP contribution in [0.5, 0.6) is 0 Å². The predicted molar refractivity (Wildman–Crippen MR) is 51.5 cm³/mol. The molecular weight excluding hydrogens is 180 g/mol. The number of ether oxygens (including phenoxy) is 1. The summed E-state index contributed by atoms with van der Waals surface area (Å²) in [6.45, 7) is 1.95. The summed E-state index contributed by atoms with van der Waals surface area (Å²) in [7, 11) is 1.33. The Morgan fingerprint density at radius 3 is 2.93 bits per heavy atom. The molecule has 0 spiro atoms. The normalized spacial score (nSPS) is 12.9. The lowest BCUT2D eigenvalue weighted by molar-refractivity contribution is -0.132. The van der Waals surface area contributed by atoms with Crippen LogP contribution in [-0.2, 0) is 9.53 Å². The van der Waals surface area contributed by atoms with Crippen molar-refractivity contribution in [3.05, 3.63) is 29.3 Å². The summed E-state index contributed by atoms with van der Waals surface area (Å²) in [6.07, 6.45) is 0. The van der Waals surface area contributed by atoms with Gasteiger partial charge in [-0.2, -0.15) is 0 Å². The minimum Gasteiger partial charge on any atom is -0.464 e. The van der Waals surface area contributed by atoms with Crippen molar-refractivity contribution in [3.8, 4) is 0 Å². The molecule has 0 N–H and O–H groups in total. The lowest BCUT2D eigenvalue weighted by atomic mass is 10.1. The van der Waals surface area contributed by atoms with Gasteiger partial charge in [-0.3, -0.25) is 0 Å².